The van der Waals surface area contributed by atoms with Crippen molar-refractivity contribution in [1.29, 1.82) is 0 Å². The lowest BCUT2D eigenvalue weighted by atomic mass is 10.1. The third kappa shape index (κ3) is 3.99. The number of piperazine rings is 1. The number of ether oxygens (including phenoxy) is 1. The minimum absolute atomic E-state index is 0.101. The largest absolute Gasteiger partial charge is 0.447 e. The molecule has 152 valence electrons. The van der Waals surface area contributed by atoms with E-state index in [0.717, 1.165) is 28.5 Å². The van der Waals surface area contributed by atoms with E-state index in [-0.39, 0.29) is 24.8 Å². The van der Waals surface area contributed by atoms with E-state index in [9.17, 15) is 9.90 Å². The number of pyridine rings is 1. The van der Waals surface area contributed by atoms with E-state index in [1.54, 1.807) is 4.90 Å². The predicted octanol–water partition coefficient (Wildman–Crippen LogP) is 2.83. The summed E-state index contributed by atoms with van der Waals surface area (Å²) in [4.78, 5) is 20.8. The van der Waals surface area contributed by atoms with Gasteiger partial charge in [0.25, 0.3) is 0 Å². The molecule has 1 amide bonds. The second-order valence-electron chi connectivity index (χ2n) is 7.69. The molecule has 1 fully saturated rings. The van der Waals surface area contributed by atoms with Crippen molar-refractivity contribution in [3.05, 3.63) is 41.3 Å². The number of aryl methyl sites for hydroxylation is 3. The van der Waals surface area contributed by atoms with Crippen molar-refractivity contribution in [2.45, 2.75) is 46.8 Å². The molecule has 7 nitrogen and oxygen atoms in total. The normalized spacial score (nSPS) is 17.3. The Morgan fingerprint density at radius 1 is 1.25 bits per heavy atom. The van der Waals surface area contributed by atoms with Crippen LogP contribution in [0.15, 0.2) is 24.4 Å². The van der Waals surface area contributed by atoms with Crippen molar-refractivity contribution < 1.29 is 14.6 Å². The maximum atomic E-state index is 12.3. The summed E-state index contributed by atoms with van der Waals surface area (Å²) in [7, 11) is 0. The predicted molar refractivity (Wildman–Crippen MR) is 109 cm³/mol. The highest BCUT2D eigenvalue weighted by Gasteiger charge is 2.32. The van der Waals surface area contributed by atoms with Crippen molar-refractivity contribution >= 4 is 11.8 Å². The Labute approximate surface area is 166 Å². The van der Waals surface area contributed by atoms with E-state index in [0.29, 0.717) is 19.6 Å². The highest BCUT2D eigenvalue weighted by molar-refractivity contribution is 5.69. The number of amides is 1. The second kappa shape index (κ2) is 8.22. The molecule has 1 N–H and O–H groups in total. The average Bonchev–Trinajstić information content (AvgIpc) is 2.98. The number of aliphatic hydroxyl groups excluding tert-OH is 1. The zero-order valence-electron chi connectivity index (χ0n) is 17.3. The number of nitrogens with zero attached hydrogens (tertiary/aromatic N) is 4. The van der Waals surface area contributed by atoms with Gasteiger partial charge >= 0.3 is 6.09 Å². The van der Waals surface area contributed by atoms with Crippen LogP contribution in [0.5, 0.6) is 0 Å². The van der Waals surface area contributed by atoms with Crippen LogP contribution in [0.2, 0.25) is 0 Å². The lowest BCUT2D eigenvalue weighted by Crippen LogP contribution is -2.57. The van der Waals surface area contributed by atoms with E-state index in [2.05, 4.69) is 53.4 Å². The second-order valence-corrected chi connectivity index (χ2v) is 7.69. The number of aromatic nitrogens is 2. The molecule has 1 aliphatic rings. The smallest absolute Gasteiger partial charge is 0.410 e. The van der Waals surface area contributed by atoms with Crippen LogP contribution in [0.1, 0.15) is 30.8 Å². The molecule has 0 saturated carbocycles. The van der Waals surface area contributed by atoms with Crippen molar-refractivity contribution in [2.75, 3.05) is 31.1 Å². The Balaban J connectivity index is 1.78. The molecule has 1 aliphatic heterocycles. The fraction of sp³-hybridized carbons (Fsp3) is 0.524. The zero-order chi connectivity index (χ0) is 20.4. The summed E-state index contributed by atoms with van der Waals surface area (Å²) >= 11 is 0. The van der Waals surface area contributed by atoms with Gasteiger partial charge in [-0.15, -0.1) is 0 Å². The average molecular weight is 386 g/mol. The SMILES string of the molecule is Cc1cc(-n2c(C)ccc2C)ncc1N1CCN(C(=O)OC(C)C)C(CO)C1. The number of anilines is 1. The maximum absolute atomic E-state index is 12.3. The van der Waals surface area contributed by atoms with Gasteiger partial charge in [-0.2, -0.15) is 0 Å². The fourth-order valence-corrected chi connectivity index (χ4v) is 3.76. The first-order chi connectivity index (χ1) is 13.3. The van der Waals surface area contributed by atoms with Crippen LogP contribution in [-0.2, 0) is 4.74 Å². The molecular formula is C21H30N4O3. The minimum atomic E-state index is -0.363. The maximum Gasteiger partial charge on any atom is 0.410 e. The van der Waals surface area contributed by atoms with Crippen molar-refractivity contribution in [3.8, 4) is 5.82 Å². The topological polar surface area (TPSA) is 70.8 Å². The van der Waals surface area contributed by atoms with Gasteiger partial charge in [0.05, 0.1) is 30.6 Å². The fourth-order valence-electron chi connectivity index (χ4n) is 3.76. The third-order valence-electron chi connectivity index (χ3n) is 5.17. The summed E-state index contributed by atoms with van der Waals surface area (Å²) in [6, 6.07) is 5.96. The molecule has 0 spiro atoms. The molecule has 7 heteroatoms. The third-order valence-corrected chi connectivity index (χ3v) is 5.17. The highest BCUT2D eigenvalue weighted by Crippen LogP contribution is 2.25. The van der Waals surface area contributed by atoms with Crippen molar-refractivity contribution in [3.63, 3.8) is 0 Å². The quantitative estimate of drug-likeness (QED) is 0.875. The van der Waals surface area contributed by atoms with Crippen LogP contribution in [0.25, 0.3) is 5.82 Å². The number of carbonyl (C=O) groups is 1. The minimum Gasteiger partial charge on any atom is -0.447 e. The molecule has 1 atom stereocenters. The summed E-state index contributed by atoms with van der Waals surface area (Å²) in [5.41, 5.74) is 4.44. The summed E-state index contributed by atoms with van der Waals surface area (Å²) in [6.45, 7) is 11.5. The number of hydrogen-bond acceptors (Lipinski definition) is 5. The molecule has 0 aliphatic carbocycles. The molecule has 3 heterocycles. The Morgan fingerprint density at radius 2 is 1.93 bits per heavy atom. The molecule has 2 aromatic heterocycles. The van der Waals surface area contributed by atoms with E-state index >= 15 is 0 Å². The van der Waals surface area contributed by atoms with Gasteiger partial charge in [0.1, 0.15) is 5.82 Å². The van der Waals surface area contributed by atoms with E-state index in [1.165, 1.54) is 0 Å². The monoisotopic (exact) mass is 386 g/mol. The van der Waals surface area contributed by atoms with Crippen LogP contribution in [0, 0.1) is 20.8 Å². The number of aliphatic hydroxyl groups is 1. The molecule has 0 radical (unpaired) electrons. The number of carbonyl (C=O) groups excluding carboxylic acids is 1. The van der Waals surface area contributed by atoms with Gasteiger partial charge in [-0.3, -0.25) is 4.90 Å². The number of hydrogen-bond donors (Lipinski definition) is 1. The van der Waals surface area contributed by atoms with Gasteiger partial charge < -0.3 is 19.3 Å². The Kier molecular flexibility index (Phi) is 5.93. The van der Waals surface area contributed by atoms with Gasteiger partial charge in [-0.05, 0) is 58.4 Å². The Bertz CT molecular complexity index is 827. The standard InChI is InChI=1S/C21H30N4O3/c1-14(2)28-21(27)24-9-8-23(12-18(24)13-26)19-11-22-20(10-15(19)3)25-16(4)6-7-17(25)5/h6-7,10-11,14,18,26H,8-9,12-13H2,1-5H3. The molecule has 3 rings (SSSR count). The Morgan fingerprint density at radius 3 is 2.50 bits per heavy atom. The molecule has 0 bridgehead atoms. The van der Waals surface area contributed by atoms with Crippen molar-refractivity contribution in [2.24, 2.45) is 0 Å². The van der Waals surface area contributed by atoms with Gasteiger partial charge in [0, 0.05) is 31.0 Å². The van der Waals surface area contributed by atoms with Crippen LogP contribution >= 0.6 is 0 Å². The summed E-state index contributed by atoms with van der Waals surface area (Å²) in [6.07, 6.45) is 1.35. The first-order valence-corrected chi connectivity index (χ1v) is 9.76. The van der Waals surface area contributed by atoms with Crippen LogP contribution in [0.3, 0.4) is 0 Å². The molecule has 2 aromatic rings. The summed E-state index contributed by atoms with van der Waals surface area (Å²) < 4.78 is 7.44. The summed E-state index contributed by atoms with van der Waals surface area (Å²) in [5.74, 6) is 0.902. The van der Waals surface area contributed by atoms with Crippen molar-refractivity contribution in [1.82, 2.24) is 14.5 Å². The molecule has 1 saturated heterocycles. The Hall–Kier alpha value is -2.54. The lowest BCUT2D eigenvalue weighted by Gasteiger charge is -2.41. The summed E-state index contributed by atoms with van der Waals surface area (Å²) in [5, 5.41) is 9.81. The zero-order valence-corrected chi connectivity index (χ0v) is 17.3. The van der Waals surface area contributed by atoms with Crippen LogP contribution in [0.4, 0.5) is 10.5 Å². The molecular weight excluding hydrogens is 356 g/mol. The van der Waals surface area contributed by atoms with Gasteiger partial charge in [-0.1, -0.05) is 0 Å². The van der Waals surface area contributed by atoms with E-state index in [4.69, 9.17) is 4.74 Å². The first-order valence-electron chi connectivity index (χ1n) is 9.76. The van der Waals surface area contributed by atoms with Gasteiger partial charge in [-0.25, -0.2) is 9.78 Å². The van der Waals surface area contributed by atoms with Crippen LogP contribution < -0.4 is 4.90 Å². The van der Waals surface area contributed by atoms with E-state index in [1.807, 2.05) is 20.0 Å². The first kappa shape index (κ1) is 20.2. The van der Waals surface area contributed by atoms with Gasteiger partial charge in [0.15, 0.2) is 0 Å². The van der Waals surface area contributed by atoms with Gasteiger partial charge in [0.2, 0.25) is 0 Å². The number of rotatable bonds is 4. The van der Waals surface area contributed by atoms with E-state index < -0.39 is 0 Å². The lowest BCUT2D eigenvalue weighted by molar-refractivity contribution is 0.0464. The van der Waals surface area contributed by atoms with Crippen LogP contribution in [-0.4, -0.2) is 64.0 Å². The highest BCUT2D eigenvalue weighted by atomic mass is 16.6. The molecule has 0 aromatic carbocycles. The molecule has 28 heavy (non-hydrogen) atoms. The molecule has 1 unspecified atom stereocenters.